The lowest BCUT2D eigenvalue weighted by Crippen LogP contribution is -2.26. The van der Waals surface area contributed by atoms with Gasteiger partial charge in [-0.25, -0.2) is 10.3 Å². The zero-order chi connectivity index (χ0) is 12.8. The van der Waals surface area contributed by atoms with E-state index in [4.69, 9.17) is 9.63 Å². The molecule has 0 aliphatic carbocycles. The zero-order valence-corrected chi connectivity index (χ0v) is 9.65. The summed E-state index contributed by atoms with van der Waals surface area (Å²) in [4.78, 5) is 25.8. The minimum atomic E-state index is -1.14. The molecule has 7 heteroatoms. The van der Waals surface area contributed by atoms with E-state index < -0.39 is 12.6 Å². The number of hydrogen-bond donors (Lipinski definition) is 2. The predicted octanol–water partition coefficient (Wildman–Crippen LogP) is 0.356. The lowest BCUT2D eigenvalue weighted by molar-refractivity contribution is -0.149. The van der Waals surface area contributed by atoms with Crippen LogP contribution in [0.5, 0.6) is 0 Å². The molecule has 0 spiro atoms. The lowest BCUT2D eigenvalue weighted by atomic mass is 10.1. The van der Waals surface area contributed by atoms with Crippen molar-refractivity contribution in [3.63, 3.8) is 0 Å². The second kappa shape index (κ2) is 6.00. The van der Waals surface area contributed by atoms with Crippen molar-refractivity contribution in [1.29, 1.82) is 0 Å². The van der Waals surface area contributed by atoms with Crippen LogP contribution in [0.15, 0.2) is 4.52 Å². The number of amides is 1. The van der Waals surface area contributed by atoms with E-state index in [0.717, 1.165) is 11.3 Å². The summed E-state index contributed by atoms with van der Waals surface area (Å²) in [5.74, 6) is -0.843. The summed E-state index contributed by atoms with van der Waals surface area (Å²) >= 11 is 0. The molecule has 0 saturated carbocycles. The Morgan fingerprint density at radius 2 is 2.18 bits per heavy atom. The van der Waals surface area contributed by atoms with Crippen LogP contribution in [-0.4, -0.2) is 28.7 Å². The van der Waals surface area contributed by atoms with Crippen molar-refractivity contribution in [2.45, 2.75) is 26.7 Å². The van der Waals surface area contributed by atoms with Gasteiger partial charge in [-0.05, 0) is 20.3 Å². The standard InChI is InChI=1S/C10H14N2O5/c1-6-8(7(2)17-11-6)3-4-9(13)12-16-5-10(14)15/h3-5H2,1-2H3,(H,12,13)(H,14,15). The number of rotatable bonds is 6. The van der Waals surface area contributed by atoms with Gasteiger partial charge in [-0.1, -0.05) is 5.16 Å². The molecule has 0 aliphatic heterocycles. The highest BCUT2D eigenvalue weighted by molar-refractivity contribution is 5.75. The summed E-state index contributed by atoms with van der Waals surface area (Å²) in [7, 11) is 0. The Labute approximate surface area is 97.7 Å². The maximum Gasteiger partial charge on any atom is 0.332 e. The smallest absolute Gasteiger partial charge is 0.332 e. The van der Waals surface area contributed by atoms with Crippen molar-refractivity contribution in [3.05, 3.63) is 17.0 Å². The first-order valence-electron chi connectivity index (χ1n) is 5.05. The van der Waals surface area contributed by atoms with Crippen LogP contribution in [0.4, 0.5) is 0 Å². The normalized spacial score (nSPS) is 10.2. The summed E-state index contributed by atoms with van der Waals surface area (Å²) in [5, 5.41) is 12.0. The first-order chi connectivity index (χ1) is 8.00. The van der Waals surface area contributed by atoms with Crippen LogP contribution in [0.25, 0.3) is 0 Å². The Morgan fingerprint density at radius 1 is 1.47 bits per heavy atom. The summed E-state index contributed by atoms with van der Waals surface area (Å²) in [5.41, 5.74) is 3.68. The number of carbonyl (C=O) groups excluding carboxylic acids is 1. The van der Waals surface area contributed by atoms with E-state index in [1.54, 1.807) is 13.8 Å². The molecule has 1 amide bonds. The number of nitrogens with one attached hydrogen (secondary N) is 1. The van der Waals surface area contributed by atoms with E-state index >= 15 is 0 Å². The van der Waals surface area contributed by atoms with E-state index in [2.05, 4.69) is 9.99 Å². The van der Waals surface area contributed by atoms with Crippen LogP contribution in [-0.2, 0) is 20.8 Å². The fourth-order valence-corrected chi connectivity index (χ4v) is 1.33. The van der Waals surface area contributed by atoms with Gasteiger partial charge in [-0.2, -0.15) is 0 Å². The third kappa shape index (κ3) is 4.23. The van der Waals surface area contributed by atoms with Crippen molar-refractivity contribution in [2.24, 2.45) is 0 Å². The van der Waals surface area contributed by atoms with Crippen molar-refractivity contribution in [1.82, 2.24) is 10.6 Å². The molecule has 1 aromatic heterocycles. The van der Waals surface area contributed by atoms with E-state index in [-0.39, 0.29) is 12.3 Å². The molecule has 0 fully saturated rings. The first-order valence-corrected chi connectivity index (χ1v) is 5.05. The fraction of sp³-hybridized carbons (Fsp3) is 0.500. The van der Waals surface area contributed by atoms with Crippen LogP contribution < -0.4 is 5.48 Å². The van der Waals surface area contributed by atoms with Gasteiger partial charge in [0.25, 0.3) is 0 Å². The molecule has 7 nitrogen and oxygen atoms in total. The molecule has 0 unspecified atom stereocenters. The quantitative estimate of drug-likeness (QED) is 0.698. The van der Waals surface area contributed by atoms with Crippen molar-refractivity contribution in [3.8, 4) is 0 Å². The molecule has 1 aromatic rings. The number of hydrogen-bond acceptors (Lipinski definition) is 5. The van der Waals surface area contributed by atoms with Crippen LogP contribution in [0.2, 0.25) is 0 Å². The second-order valence-corrected chi connectivity index (χ2v) is 3.51. The highest BCUT2D eigenvalue weighted by Gasteiger charge is 2.11. The molecule has 2 N–H and O–H groups in total. The number of nitrogens with zero attached hydrogens (tertiary/aromatic N) is 1. The largest absolute Gasteiger partial charge is 0.479 e. The van der Waals surface area contributed by atoms with Gasteiger partial charge in [0.1, 0.15) is 5.76 Å². The van der Waals surface area contributed by atoms with Gasteiger partial charge < -0.3 is 9.63 Å². The third-order valence-electron chi connectivity index (χ3n) is 2.16. The first kappa shape index (κ1) is 13.2. The Kier molecular flexibility index (Phi) is 4.65. The molecule has 0 aromatic carbocycles. The highest BCUT2D eigenvalue weighted by atomic mass is 16.7. The molecule has 1 rings (SSSR count). The highest BCUT2D eigenvalue weighted by Crippen LogP contribution is 2.13. The monoisotopic (exact) mass is 242 g/mol. The minimum absolute atomic E-state index is 0.183. The Hall–Kier alpha value is -1.89. The Bertz CT molecular complexity index is 393. The predicted molar refractivity (Wildman–Crippen MR) is 56.0 cm³/mol. The molecule has 0 radical (unpaired) electrons. The minimum Gasteiger partial charge on any atom is -0.479 e. The second-order valence-electron chi connectivity index (χ2n) is 3.51. The topological polar surface area (TPSA) is 102 Å². The molecule has 0 atom stereocenters. The van der Waals surface area contributed by atoms with Gasteiger partial charge in [-0.15, -0.1) is 0 Å². The van der Waals surface area contributed by atoms with Gasteiger partial charge in [0.15, 0.2) is 6.61 Å². The molecular formula is C10H14N2O5. The van der Waals surface area contributed by atoms with E-state index in [1.807, 2.05) is 5.48 Å². The molecule has 0 bridgehead atoms. The number of carboxylic acids is 1. The van der Waals surface area contributed by atoms with Crippen molar-refractivity contribution in [2.75, 3.05) is 6.61 Å². The molecule has 94 valence electrons. The van der Waals surface area contributed by atoms with Gasteiger partial charge in [0, 0.05) is 12.0 Å². The van der Waals surface area contributed by atoms with Gasteiger partial charge in [-0.3, -0.25) is 9.63 Å². The maximum atomic E-state index is 11.3. The Morgan fingerprint density at radius 3 is 2.71 bits per heavy atom. The number of carbonyl (C=O) groups is 2. The molecular weight excluding hydrogens is 228 g/mol. The number of carboxylic acid groups (broad SMARTS) is 1. The van der Waals surface area contributed by atoms with Crippen LogP contribution in [0.1, 0.15) is 23.4 Å². The Balaban J connectivity index is 2.31. The number of aromatic nitrogens is 1. The lowest BCUT2D eigenvalue weighted by Gasteiger charge is -2.03. The third-order valence-corrected chi connectivity index (χ3v) is 2.16. The molecule has 0 saturated heterocycles. The molecule has 0 aliphatic rings. The summed E-state index contributed by atoms with van der Waals surface area (Å²) in [6.07, 6.45) is 0.659. The van der Waals surface area contributed by atoms with Gasteiger partial charge in [0.05, 0.1) is 5.69 Å². The average molecular weight is 242 g/mol. The SMILES string of the molecule is Cc1noc(C)c1CCC(=O)NOCC(=O)O. The van der Waals surface area contributed by atoms with Crippen LogP contribution in [0.3, 0.4) is 0 Å². The number of aryl methyl sites for hydroxylation is 2. The summed E-state index contributed by atoms with van der Waals surface area (Å²) < 4.78 is 4.95. The van der Waals surface area contributed by atoms with Crippen LogP contribution >= 0.6 is 0 Å². The number of aliphatic carboxylic acids is 1. The van der Waals surface area contributed by atoms with Crippen molar-refractivity contribution >= 4 is 11.9 Å². The van der Waals surface area contributed by atoms with Gasteiger partial charge >= 0.3 is 5.97 Å². The average Bonchev–Trinajstić information content (AvgIpc) is 2.55. The molecule has 17 heavy (non-hydrogen) atoms. The van der Waals surface area contributed by atoms with Crippen molar-refractivity contribution < 1.29 is 24.1 Å². The van der Waals surface area contributed by atoms with E-state index in [1.165, 1.54) is 0 Å². The summed E-state index contributed by atoms with van der Waals surface area (Å²) in [6, 6.07) is 0. The van der Waals surface area contributed by atoms with Gasteiger partial charge in [0.2, 0.25) is 5.91 Å². The maximum absolute atomic E-state index is 11.3. The fourth-order valence-electron chi connectivity index (χ4n) is 1.33. The van der Waals surface area contributed by atoms with E-state index in [0.29, 0.717) is 12.2 Å². The number of hydroxylamine groups is 1. The van der Waals surface area contributed by atoms with E-state index in [9.17, 15) is 9.59 Å². The zero-order valence-electron chi connectivity index (χ0n) is 9.65. The molecule has 1 heterocycles. The summed E-state index contributed by atoms with van der Waals surface area (Å²) in [6.45, 7) is 3.01. The van der Waals surface area contributed by atoms with Crippen LogP contribution in [0, 0.1) is 13.8 Å².